The lowest BCUT2D eigenvalue weighted by molar-refractivity contribution is 0.0276. The maximum absolute atomic E-state index is 14.2. The first-order valence-corrected chi connectivity index (χ1v) is 8.45. The van der Waals surface area contributed by atoms with E-state index in [0.29, 0.717) is 24.5 Å². The molecule has 0 aromatic heterocycles. The van der Waals surface area contributed by atoms with E-state index in [1.54, 1.807) is 17.0 Å². The zero-order valence-electron chi connectivity index (χ0n) is 14.6. The largest absolute Gasteiger partial charge is 0.444 e. The molecule has 0 saturated carbocycles. The molecule has 1 aromatic carbocycles. The Hall–Kier alpha value is -1.98. The zero-order valence-corrected chi connectivity index (χ0v) is 14.6. The van der Waals surface area contributed by atoms with Crippen molar-refractivity contribution >= 4 is 17.5 Å². The normalized spacial score (nSPS) is 24.0. The number of nitrogen functional groups attached to an aromatic ring is 1. The first-order chi connectivity index (χ1) is 11.2. The standard InChI is InChI=1S/C18H26FN3O2/c1-17(2,3)24-16(23)22-9-7-18(12-22)6-8-21(11-18)15-5-4-13(20)10-14(15)19/h4-5,10H,6-9,11-12,20H2,1-3H3. The molecule has 1 unspecified atom stereocenters. The molecule has 2 N–H and O–H groups in total. The van der Waals surface area contributed by atoms with E-state index in [4.69, 9.17) is 10.5 Å². The molecular weight excluding hydrogens is 309 g/mol. The van der Waals surface area contributed by atoms with Crippen LogP contribution in [0.25, 0.3) is 0 Å². The number of carbonyl (C=O) groups is 1. The molecule has 2 saturated heterocycles. The Morgan fingerprint density at radius 1 is 1.25 bits per heavy atom. The summed E-state index contributed by atoms with van der Waals surface area (Å²) in [6, 6.07) is 4.83. The molecule has 24 heavy (non-hydrogen) atoms. The van der Waals surface area contributed by atoms with E-state index in [0.717, 1.165) is 25.9 Å². The monoisotopic (exact) mass is 335 g/mol. The number of halogens is 1. The number of ether oxygens (including phenoxy) is 1. The minimum Gasteiger partial charge on any atom is -0.444 e. The minimum atomic E-state index is -0.484. The molecule has 3 rings (SSSR count). The van der Waals surface area contributed by atoms with Crippen LogP contribution in [0.15, 0.2) is 18.2 Å². The third-order valence-electron chi connectivity index (χ3n) is 4.84. The molecule has 1 amide bonds. The number of benzene rings is 1. The highest BCUT2D eigenvalue weighted by molar-refractivity contribution is 5.68. The first kappa shape index (κ1) is 16.9. The van der Waals surface area contributed by atoms with Crippen molar-refractivity contribution < 1.29 is 13.9 Å². The van der Waals surface area contributed by atoms with Crippen molar-refractivity contribution in [3.8, 4) is 0 Å². The SMILES string of the molecule is CC(C)(C)OC(=O)N1CCC2(CCN(c3ccc(N)cc3F)C2)C1. The number of rotatable bonds is 1. The third kappa shape index (κ3) is 3.42. The lowest BCUT2D eigenvalue weighted by atomic mass is 9.86. The van der Waals surface area contributed by atoms with Gasteiger partial charge >= 0.3 is 6.09 Å². The van der Waals surface area contributed by atoms with E-state index in [-0.39, 0.29) is 17.3 Å². The van der Waals surface area contributed by atoms with E-state index in [9.17, 15) is 9.18 Å². The summed E-state index contributed by atoms with van der Waals surface area (Å²) in [5, 5.41) is 0. The molecular formula is C18H26FN3O2. The Morgan fingerprint density at radius 2 is 1.96 bits per heavy atom. The number of likely N-dealkylation sites (tertiary alicyclic amines) is 1. The van der Waals surface area contributed by atoms with Gasteiger partial charge in [0, 0.05) is 37.3 Å². The second-order valence-electron chi connectivity index (χ2n) is 8.03. The molecule has 2 aliphatic rings. The van der Waals surface area contributed by atoms with E-state index >= 15 is 0 Å². The van der Waals surface area contributed by atoms with Crippen molar-refractivity contribution in [3.05, 3.63) is 24.0 Å². The Balaban J connectivity index is 1.66. The van der Waals surface area contributed by atoms with Gasteiger partial charge in [-0.1, -0.05) is 0 Å². The molecule has 0 radical (unpaired) electrons. The van der Waals surface area contributed by atoms with Crippen LogP contribution < -0.4 is 10.6 Å². The molecule has 0 bridgehead atoms. The van der Waals surface area contributed by atoms with Crippen LogP contribution >= 0.6 is 0 Å². The van der Waals surface area contributed by atoms with Gasteiger partial charge in [0.1, 0.15) is 11.4 Å². The molecule has 1 aromatic rings. The number of anilines is 2. The van der Waals surface area contributed by atoms with Gasteiger partial charge in [-0.05, 0) is 51.8 Å². The third-order valence-corrected chi connectivity index (χ3v) is 4.84. The maximum Gasteiger partial charge on any atom is 0.410 e. The average Bonchev–Trinajstić information content (AvgIpc) is 3.05. The van der Waals surface area contributed by atoms with Crippen molar-refractivity contribution in [2.75, 3.05) is 36.8 Å². The average molecular weight is 335 g/mol. The van der Waals surface area contributed by atoms with Crippen molar-refractivity contribution in [2.45, 2.75) is 39.2 Å². The fraction of sp³-hybridized carbons (Fsp3) is 0.611. The molecule has 2 fully saturated rings. The number of hydrogen-bond donors (Lipinski definition) is 1. The van der Waals surface area contributed by atoms with E-state index in [1.165, 1.54) is 6.07 Å². The van der Waals surface area contributed by atoms with Gasteiger partial charge in [-0.3, -0.25) is 0 Å². The predicted molar refractivity (Wildman–Crippen MR) is 92.5 cm³/mol. The van der Waals surface area contributed by atoms with Crippen LogP contribution in [0.4, 0.5) is 20.6 Å². The van der Waals surface area contributed by atoms with Crippen LogP contribution in [-0.2, 0) is 4.74 Å². The number of nitrogens with two attached hydrogens (primary N) is 1. The van der Waals surface area contributed by atoms with Gasteiger partial charge in [0.05, 0.1) is 5.69 Å². The Labute approximate surface area is 142 Å². The molecule has 2 aliphatic heterocycles. The molecule has 1 atom stereocenters. The van der Waals surface area contributed by atoms with Gasteiger partial charge < -0.3 is 20.3 Å². The van der Waals surface area contributed by atoms with Gasteiger partial charge in [-0.25, -0.2) is 9.18 Å². The van der Waals surface area contributed by atoms with Gasteiger partial charge in [-0.15, -0.1) is 0 Å². The van der Waals surface area contributed by atoms with E-state index in [2.05, 4.69) is 4.90 Å². The zero-order chi connectivity index (χ0) is 17.5. The molecule has 2 heterocycles. The first-order valence-electron chi connectivity index (χ1n) is 8.45. The second-order valence-corrected chi connectivity index (χ2v) is 8.03. The summed E-state index contributed by atoms with van der Waals surface area (Å²) >= 11 is 0. The maximum atomic E-state index is 14.2. The van der Waals surface area contributed by atoms with Gasteiger partial charge in [0.15, 0.2) is 0 Å². The van der Waals surface area contributed by atoms with Crippen LogP contribution in [0.3, 0.4) is 0 Å². The van der Waals surface area contributed by atoms with Crippen molar-refractivity contribution in [3.63, 3.8) is 0 Å². The van der Waals surface area contributed by atoms with Crippen LogP contribution in [0.1, 0.15) is 33.6 Å². The number of hydrogen-bond acceptors (Lipinski definition) is 4. The summed E-state index contributed by atoms with van der Waals surface area (Å²) in [6.07, 6.45) is 1.63. The summed E-state index contributed by atoms with van der Waals surface area (Å²) in [4.78, 5) is 16.1. The van der Waals surface area contributed by atoms with Gasteiger partial charge in [0.25, 0.3) is 0 Å². The molecule has 132 valence electrons. The van der Waals surface area contributed by atoms with Crippen LogP contribution in [0, 0.1) is 11.2 Å². The van der Waals surface area contributed by atoms with Gasteiger partial charge in [-0.2, -0.15) is 0 Å². The number of carbonyl (C=O) groups excluding carboxylic acids is 1. The summed E-state index contributed by atoms with van der Waals surface area (Å²) < 4.78 is 19.6. The van der Waals surface area contributed by atoms with Crippen LogP contribution in [0.2, 0.25) is 0 Å². The topological polar surface area (TPSA) is 58.8 Å². The fourth-order valence-corrected chi connectivity index (χ4v) is 3.67. The summed E-state index contributed by atoms with van der Waals surface area (Å²) in [6.45, 7) is 8.55. The van der Waals surface area contributed by atoms with Crippen molar-refractivity contribution in [1.29, 1.82) is 0 Å². The lowest BCUT2D eigenvalue weighted by Crippen LogP contribution is -2.37. The smallest absolute Gasteiger partial charge is 0.410 e. The molecule has 6 heteroatoms. The number of nitrogens with zero attached hydrogens (tertiary/aromatic N) is 2. The molecule has 0 aliphatic carbocycles. The Morgan fingerprint density at radius 3 is 2.62 bits per heavy atom. The summed E-state index contributed by atoms with van der Waals surface area (Å²) in [5.41, 5.74) is 6.20. The Bertz CT molecular complexity index is 644. The van der Waals surface area contributed by atoms with E-state index in [1.807, 2.05) is 20.8 Å². The second kappa shape index (κ2) is 5.83. The minimum absolute atomic E-state index is 0.0325. The highest BCUT2D eigenvalue weighted by atomic mass is 19.1. The fourth-order valence-electron chi connectivity index (χ4n) is 3.67. The lowest BCUT2D eigenvalue weighted by Gasteiger charge is -2.27. The predicted octanol–water partition coefficient (Wildman–Crippen LogP) is 3.25. The van der Waals surface area contributed by atoms with Crippen LogP contribution in [0.5, 0.6) is 0 Å². The van der Waals surface area contributed by atoms with E-state index < -0.39 is 5.60 Å². The highest BCUT2D eigenvalue weighted by Gasteiger charge is 2.46. The van der Waals surface area contributed by atoms with Gasteiger partial charge in [0.2, 0.25) is 0 Å². The Kier molecular flexibility index (Phi) is 4.10. The molecule has 5 nitrogen and oxygen atoms in total. The quantitative estimate of drug-likeness (QED) is 0.801. The number of amides is 1. The highest BCUT2D eigenvalue weighted by Crippen LogP contribution is 2.42. The van der Waals surface area contributed by atoms with Crippen molar-refractivity contribution in [2.24, 2.45) is 5.41 Å². The van der Waals surface area contributed by atoms with Crippen LogP contribution in [-0.4, -0.2) is 42.8 Å². The molecule has 1 spiro atoms. The summed E-state index contributed by atoms with van der Waals surface area (Å²) in [7, 11) is 0. The summed E-state index contributed by atoms with van der Waals surface area (Å²) in [5.74, 6) is -0.283. The van der Waals surface area contributed by atoms with Crippen molar-refractivity contribution in [1.82, 2.24) is 4.90 Å².